The van der Waals surface area contributed by atoms with Crippen LogP contribution < -0.4 is 9.47 Å². The van der Waals surface area contributed by atoms with Crippen LogP contribution in [0.25, 0.3) is 0 Å². The quantitative estimate of drug-likeness (QED) is 0.0412. The monoisotopic (exact) mass is 790 g/mol. The van der Waals surface area contributed by atoms with Gasteiger partial charge in [-0.05, 0) is 85.1 Å². The lowest BCUT2D eigenvalue weighted by molar-refractivity contribution is -0.384. The largest absolute Gasteiger partial charge is 0.460 e. The van der Waals surface area contributed by atoms with Crippen LogP contribution in [0.4, 0.5) is 5.69 Å². The number of nitro benzene ring substituents is 1. The predicted octanol–water partition coefficient (Wildman–Crippen LogP) is 10.0. The fourth-order valence-electron chi connectivity index (χ4n) is 8.71. The van der Waals surface area contributed by atoms with Gasteiger partial charge in [-0.15, -0.1) is 18.3 Å². The summed E-state index contributed by atoms with van der Waals surface area (Å²) in [5.41, 5.74) is 3.81. The average molecular weight is 791 g/mol. The summed E-state index contributed by atoms with van der Waals surface area (Å²) >= 11 is 1.71. The van der Waals surface area contributed by atoms with E-state index in [4.69, 9.17) is 24.2 Å². The van der Waals surface area contributed by atoms with Crippen molar-refractivity contribution in [3.63, 3.8) is 0 Å². The van der Waals surface area contributed by atoms with Gasteiger partial charge >= 0.3 is 0 Å². The number of aliphatic hydroxyl groups is 2. The van der Waals surface area contributed by atoms with Crippen molar-refractivity contribution in [3.8, 4) is 17.2 Å². The Kier molecular flexibility index (Phi) is 13.4. The molecule has 1 heterocycles. The molecule has 10 nitrogen and oxygen atoms in total. The highest BCUT2D eigenvalue weighted by Crippen LogP contribution is 2.63. The highest BCUT2D eigenvalue weighted by Gasteiger charge is 2.64. The van der Waals surface area contributed by atoms with Gasteiger partial charge in [0.1, 0.15) is 23.9 Å². The first-order valence-electron chi connectivity index (χ1n) is 19.8. The third-order valence-corrected chi connectivity index (χ3v) is 12.5. The zero-order valence-corrected chi connectivity index (χ0v) is 32.8. The molecular weight excluding hydrogens is 741 g/mol. The number of nitro groups is 1. The molecule has 3 aliphatic rings. The number of non-ortho nitro benzene ring substituents is 1. The second-order valence-corrected chi connectivity index (χ2v) is 16.1. The maximum atomic E-state index is 11.6. The van der Waals surface area contributed by atoms with E-state index >= 15 is 0 Å². The molecule has 0 radical (unpaired) electrons. The lowest BCUT2D eigenvalue weighted by atomic mass is 9.56. The number of nitrogens with zero attached hydrogens (tertiary/aromatic N) is 2. The molecule has 1 fully saturated rings. The molecule has 4 aromatic rings. The van der Waals surface area contributed by atoms with Crippen molar-refractivity contribution in [2.45, 2.75) is 73.4 Å². The summed E-state index contributed by atoms with van der Waals surface area (Å²) in [5, 5.41) is 36.0. The molecule has 2 aliphatic carbocycles. The first-order valence-corrected chi connectivity index (χ1v) is 20.7. The summed E-state index contributed by atoms with van der Waals surface area (Å²) in [6.07, 6.45) is 9.40. The molecule has 0 aromatic heterocycles. The average Bonchev–Trinajstić information content (AvgIpc) is 3.23. The van der Waals surface area contributed by atoms with Crippen molar-refractivity contribution in [3.05, 3.63) is 149 Å². The van der Waals surface area contributed by atoms with E-state index in [1.165, 1.54) is 12.1 Å². The number of hydrogen-bond donors (Lipinski definition) is 2. The van der Waals surface area contributed by atoms with Crippen LogP contribution in [0.1, 0.15) is 62.0 Å². The number of rotatable bonds is 19. The van der Waals surface area contributed by atoms with Gasteiger partial charge in [-0.1, -0.05) is 84.7 Å². The number of thioether (sulfide) groups is 1. The molecule has 0 amide bonds. The summed E-state index contributed by atoms with van der Waals surface area (Å²) in [4.78, 5) is 18.4. The molecule has 57 heavy (non-hydrogen) atoms. The van der Waals surface area contributed by atoms with Gasteiger partial charge in [-0.3, -0.25) is 10.1 Å². The smallest absolute Gasteiger partial charge is 0.273 e. The van der Waals surface area contributed by atoms with E-state index in [-0.39, 0.29) is 54.4 Å². The second kappa shape index (κ2) is 19.0. The number of hydrogen-bond acceptors (Lipinski definition) is 10. The minimum Gasteiger partial charge on any atom is -0.460 e. The minimum absolute atomic E-state index is 0.0554. The summed E-state index contributed by atoms with van der Waals surface area (Å²) in [6, 6.07) is 32.2. The number of allylic oxidation sites excluding steroid dienone is 1. The molecule has 0 spiro atoms. The topological polar surface area (TPSA) is 133 Å². The second-order valence-electron chi connectivity index (χ2n) is 14.8. The van der Waals surface area contributed by atoms with Gasteiger partial charge in [0.05, 0.1) is 34.5 Å². The maximum absolute atomic E-state index is 11.6. The molecular formula is C46H50N2O8S. The van der Waals surface area contributed by atoms with Gasteiger partial charge in [0, 0.05) is 42.1 Å². The van der Waals surface area contributed by atoms with E-state index in [9.17, 15) is 20.3 Å². The summed E-state index contributed by atoms with van der Waals surface area (Å²) in [7, 11) is 0. The molecule has 298 valence electrons. The molecule has 0 bridgehead atoms. The van der Waals surface area contributed by atoms with Crippen molar-refractivity contribution in [1.82, 2.24) is 0 Å². The maximum Gasteiger partial charge on any atom is 0.273 e. The van der Waals surface area contributed by atoms with E-state index in [0.717, 1.165) is 53.0 Å². The van der Waals surface area contributed by atoms with E-state index in [1.807, 2.05) is 66.7 Å². The molecule has 2 N–H and O–H groups in total. The molecule has 6 unspecified atom stereocenters. The Bertz CT molecular complexity index is 2040. The zero-order valence-electron chi connectivity index (χ0n) is 32.0. The number of fused-ring (bicyclic) bond motifs is 2. The van der Waals surface area contributed by atoms with E-state index in [1.54, 1.807) is 30.0 Å². The van der Waals surface area contributed by atoms with Gasteiger partial charge in [0.25, 0.3) is 5.69 Å². The molecule has 6 atom stereocenters. The molecule has 4 aromatic carbocycles. The minimum atomic E-state index is -1.13. The van der Waals surface area contributed by atoms with E-state index in [2.05, 4.69) is 24.8 Å². The summed E-state index contributed by atoms with van der Waals surface area (Å²) in [5.74, 6) is 0.219. The van der Waals surface area contributed by atoms with Crippen LogP contribution >= 0.6 is 11.8 Å². The Morgan fingerprint density at radius 3 is 2.39 bits per heavy atom. The molecule has 11 heteroatoms. The first kappa shape index (κ1) is 40.3. The van der Waals surface area contributed by atoms with Gasteiger partial charge in [0.15, 0.2) is 0 Å². The highest BCUT2D eigenvalue weighted by atomic mass is 32.2. The molecule has 1 saturated carbocycles. The van der Waals surface area contributed by atoms with Crippen LogP contribution in [0.5, 0.6) is 17.2 Å². The number of benzene rings is 4. The van der Waals surface area contributed by atoms with Crippen molar-refractivity contribution >= 4 is 23.2 Å². The SMILES string of the molecule is C=CCOC12Oc3ccc(Oc4cccc([N+](=O)[O-])c4)cc3C3C(CCCCO)C(CCCCO)C=C(C(=NOCc4ccccc4)CC1Sc1ccccc1)C32. The molecule has 7 rings (SSSR count). The van der Waals surface area contributed by atoms with Crippen LogP contribution in [-0.4, -0.2) is 51.7 Å². The van der Waals surface area contributed by atoms with Gasteiger partial charge in [-0.25, -0.2) is 0 Å². The van der Waals surface area contributed by atoms with Gasteiger partial charge in [-0.2, -0.15) is 0 Å². The molecule has 1 aliphatic heterocycles. The Morgan fingerprint density at radius 2 is 1.65 bits per heavy atom. The van der Waals surface area contributed by atoms with Crippen molar-refractivity contribution in [1.29, 1.82) is 0 Å². The summed E-state index contributed by atoms with van der Waals surface area (Å²) in [6.45, 7) is 4.84. The lowest BCUT2D eigenvalue weighted by Crippen LogP contribution is -2.64. The van der Waals surface area contributed by atoms with Crippen LogP contribution in [0.2, 0.25) is 0 Å². The Morgan fingerprint density at radius 1 is 0.912 bits per heavy atom. The van der Waals surface area contributed by atoms with Crippen LogP contribution in [0.3, 0.4) is 0 Å². The zero-order chi connectivity index (χ0) is 39.6. The van der Waals surface area contributed by atoms with Gasteiger partial charge < -0.3 is 29.3 Å². The Hall–Kier alpha value is -4.94. The highest BCUT2D eigenvalue weighted by molar-refractivity contribution is 8.00. The van der Waals surface area contributed by atoms with Crippen LogP contribution in [0, 0.1) is 27.9 Å². The van der Waals surface area contributed by atoms with E-state index < -0.39 is 10.7 Å². The normalized spacial score (nSPS) is 24.1. The number of oxime groups is 1. The Labute approximate surface area is 338 Å². The number of ether oxygens (including phenoxy) is 3. The van der Waals surface area contributed by atoms with E-state index in [0.29, 0.717) is 43.1 Å². The fraction of sp³-hybridized carbons (Fsp3) is 0.370. The Balaban J connectivity index is 1.40. The molecule has 0 saturated heterocycles. The predicted molar refractivity (Wildman–Crippen MR) is 222 cm³/mol. The fourth-order valence-corrected chi connectivity index (χ4v) is 10.0. The van der Waals surface area contributed by atoms with Crippen molar-refractivity contribution < 1.29 is 34.2 Å². The number of aliphatic hydroxyl groups excluding tert-OH is 2. The first-order chi connectivity index (χ1) is 27.9. The third-order valence-electron chi connectivity index (χ3n) is 11.2. The lowest BCUT2D eigenvalue weighted by Gasteiger charge is -2.58. The summed E-state index contributed by atoms with van der Waals surface area (Å²) < 4.78 is 20.6. The van der Waals surface area contributed by atoms with Gasteiger partial charge in [0.2, 0.25) is 5.79 Å². The third kappa shape index (κ3) is 9.12. The standard InChI is InChI=1S/C46H50N2O8S/c1-2-26-53-46-43(57-37-19-7-4-8-20-37)30-41(47-54-31-32-14-5-3-6-15-32)39-27-33(16-9-11-24-49)38(21-10-12-25-50)44(45(39)46)40-29-36(22-23-42(40)56-46)55-35-18-13-17-34(28-35)48(51)52/h2-8,13-15,17-20,22-23,27-29,33,38,43-45,49-50H,1,9-12,16,21,24-26,30-31H2. The van der Waals surface area contributed by atoms with Crippen molar-refractivity contribution in [2.75, 3.05) is 19.8 Å². The van der Waals surface area contributed by atoms with Crippen LogP contribution in [-0.2, 0) is 16.2 Å². The number of unbranched alkanes of at least 4 members (excludes halogenated alkanes) is 2. The van der Waals surface area contributed by atoms with Crippen LogP contribution in [0.15, 0.2) is 137 Å². The van der Waals surface area contributed by atoms with Crippen molar-refractivity contribution in [2.24, 2.45) is 22.9 Å².